The van der Waals surface area contributed by atoms with Gasteiger partial charge in [-0.05, 0) is 46.0 Å². The number of benzene rings is 7. The van der Waals surface area contributed by atoms with Crippen molar-refractivity contribution >= 4 is 70.1 Å². The van der Waals surface area contributed by atoms with E-state index < -0.39 is 0 Å². The summed E-state index contributed by atoms with van der Waals surface area (Å²) in [6.45, 7) is 0. The summed E-state index contributed by atoms with van der Waals surface area (Å²) >= 11 is 1.87. The molecule has 8 rings (SSSR count). The first-order chi connectivity index (χ1) is 19.9. The van der Waals surface area contributed by atoms with Gasteiger partial charge in [0.15, 0.2) is 0 Å². The fourth-order valence-corrected chi connectivity index (χ4v) is 7.33. The van der Waals surface area contributed by atoms with E-state index >= 15 is 0 Å². The van der Waals surface area contributed by atoms with Gasteiger partial charge in [-0.25, -0.2) is 0 Å². The topological polar surface area (TPSA) is 3.24 Å². The van der Waals surface area contributed by atoms with Gasteiger partial charge in [0.25, 0.3) is 0 Å². The summed E-state index contributed by atoms with van der Waals surface area (Å²) in [5.41, 5.74) is 6.00. The zero-order valence-corrected chi connectivity index (χ0v) is 22.6. The molecule has 188 valence electrons. The molecule has 1 heterocycles. The third-order valence-electron chi connectivity index (χ3n) is 7.83. The SMILES string of the molecule is c1ccc(-c2c(N(c3ccccc3)c3cccc4c3sc3ccccc34)c3ccccc3c3ccccc23)cc1. The van der Waals surface area contributed by atoms with Gasteiger partial charge in [0, 0.05) is 32.1 Å². The van der Waals surface area contributed by atoms with E-state index in [1.54, 1.807) is 0 Å². The quantitative estimate of drug-likeness (QED) is 0.206. The van der Waals surface area contributed by atoms with Crippen molar-refractivity contribution in [1.29, 1.82) is 0 Å². The molecule has 0 spiro atoms. The Bertz CT molecular complexity index is 2160. The molecule has 0 unspecified atom stereocenters. The molecule has 1 nitrogen and oxygen atoms in total. The molecule has 0 saturated carbocycles. The van der Waals surface area contributed by atoms with Gasteiger partial charge in [-0.1, -0.05) is 127 Å². The maximum atomic E-state index is 2.49. The number of hydrogen-bond acceptors (Lipinski definition) is 2. The Kier molecular flexibility index (Phi) is 5.39. The predicted octanol–water partition coefficient (Wildman–Crippen LogP) is 11.5. The minimum atomic E-state index is 1.14. The lowest BCUT2D eigenvalue weighted by Crippen LogP contribution is -2.12. The van der Waals surface area contributed by atoms with E-state index in [-0.39, 0.29) is 0 Å². The fraction of sp³-hybridized carbons (Fsp3) is 0. The molecular weight excluding hydrogens is 502 g/mol. The van der Waals surface area contributed by atoms with Crippen molar-refractivity contribution in [3.8, 4) is 11.1 Å². The van der Waals surface area contributed by atoms with Gasteiger partial charge >= 0.3 is 0 Å². The highest BCUT2D eigenvalue weighted by atomic mass is 32.1. The van der Waals surface area contributed by atoms with Crippen molar-refractivity contribution in [2.45, 2.75) is 0 Å². The molecule has 0 aliphatic rings. The molecule has 40 heavy (non-hydrogen) atoms. The summed E-state index contributed by atoms with van der Waals surface area (Å²) in [5.74, 6) is 0. The van der Waals surface area contributed by atoms with Crippen molar-refractivity contribution in [2.75, 3.05) is 4.90 Å². The van der Waals surface area contributed by atoms with E-state index in [0.29, 0.717) is 0 Å². The number of para-hydroxylation sites is 1. The van der Waals surface area contributed by atoms with Crippen LogP contribution in [0, 0.1) is 0 Å². The molecular formula is C38H25NS. The highest BCUT2D eigenvalue weighted by Crippen LogP contribution is 2.51. The van der Waals surface area contributed by atoms with Crippen LogP contribution < -0.4 is 4.90 Å². The third-order valence-corrected chi connectivity index (χ3v) is 9.04. The third kappa shape index (κ3) is 3.54. The first kappa shape index (κ1) is 23.0. The molecule has 8 aromatic rings. The van der Waals surface area contributed by atoms with Crippen molar-refractivity contribution < 1.29 is 0 Å². The van der Waals surface area contributed by atoms with Gasteiger partial charge < -0.3 is 4.90 Å². The monoisotopic (exact) mass is 527 g/mol. The normalized spacial score (nSPS) is 11.5. The summed E-state index contributed by atoms with van der Waals surface area (Å²) in [6, 6.07) is 54.9. The molecule has 0 aliphatic heterocycles. The predicted molar refractivity (Wildman–Crippen MR) is 174 cm³/mol. The molecule has 0 N–H and O–H groups in total. The highest BCUT2D eigenvalue weighted by molar-refractivity contribution is 7.26. The maximum absolute atomic E-state index is 2.49. The van der Waals surface area contributed by atoms with Gasteiger partial charge in [0.05, 0.1) is 16.1 Å². The van der Waals surface area contributed by atoms with Gasteiger partial charge in [0.2, 0.25) is 0 Å². The lowest BCUT2D eigenvalue weighted by Gasteiger charge is -2.31. The van der Waals surface area contributed by atoms with Crippen LogP contribution in [0.15, 0.2) is 152 Å². The molecule has 0 aliphatic carbocycles. The second kappa shape index (κ2) is 9.37. The lowest BCUT2D eigenvalue weighted by atomic mass is 9.90. The summed E-state index contributed by atoms with van der Waals surface area (Å²) < 4.78 is 2.61. The van der Waals surface area contributed by atoms with Crippen molar-refractivity contribution in [2.24, 2.45) is 0 Å². The van der Waals surface area contributed by atoms with Crippen LogP contribution in [0.3, 0.4) is 0 Å². The average Bonchev–Trinajstić information content (AvgIpc) is 3.42. The molecule has 0 fully saturated rings. The first-order valence-electron chi connectivity index (χ1n) is 13.6. The number of rotatable bonds is 4. The Balaban J connectivity index is 1.58. The zero-order chi connectivity index (χ0) is 26.5. The first-order valence-corrected chi connectivity index (χ1v) is 14.4. The summed E-state index contributed by atoms with van der Waals surface area (Å²) in [5, 5.41) is 7.63. The van der Waals surface area contributed by atoms with Gasteiger partial charge in [-0.2, -0.15) is 0 Å². The van der Waals surface area contributed by atoms with Crippen LogP contribution in [0.25, 0.3) is 52.8 Å². The Hall–Kier alpha value is -4.92. The van der Waals surface area contributed by atoms with Crippen LogP contribution in [0.4, 0.5) is 17.1 Å². The average molecular weight is 528 g/mol. The molecule has 7 aromatic carbocycles. The van der Waals surface area contributed by atoms with Crippen LogP contribution in [0.5, 0.6) is 0 Å². The zero-order valence-electron chi connectivity index (χ0n) is 21.8. The number of fused-ring (bicyclic) bond motifs is 6. The molecule has 0 saturated heterocycles. The van der Waals surface area contributed by atoms with E-state index in [1.807, 2.05) is 11.3 Å². The summed E-state index contributed by atoms with van der Waals surface area (Å²) in [6.07, 6.45) is 0. The highest BCUT2D eigenvalue weighted by Gasteiger charge is 2.25. The van der Waals surface area contributed by atoms with Crippen molar-refractivity contribution in [1.82, 2.24) is 0 Å². The van der Waals surface area contributed by atoms with Crippen LogP contribution in [-0.4, -0.2) is 0 Å². The summed E-state index contributed by atoms with van der Waals surface area (Å²) in [7, 11) is 0. The smallest absolute Gasteiger partial charge is 0.0640 e. The molecule has 0 radical (unpaired) electrons. The standard InChI is InChI=1S/C38H25NS/c1-3-14-26(15-4-1)36-31-21-9-7-18-28(31)29-19-8-10-22-32(29)37(36)39(27-16-5-2-6-17-27)34-24-13-23-33-30-20-11-12-25-35(30)40-38(33)34/h1-25H. The Labute approximate surface area is 237 Å². The second-order valence-corrected chi connectivity index (χ2v) is 11.2. The second-order valence-electron chi connectivity index (χ2n) is 10.1. The molecule has 0 amide bonds. The minimum absolute atomic E-state index is 1.14. The number of nitrogens with zero attached hydrogens (tertiary/aromatic N) is 1. The van der Waals surface area contributed by atoms with E-state index in [4.69, 9.17) is 0 Å². The number of hydrogen-bond donors (Lipinski definition) is 0. The Morgan fingerprint density at radius 2 is 0.950 bits per heavy atom. The minimum Gasteiger partial charge on any atom is -0.308 e. The lowest BCUT2D eigenvalue weighted by molar-refractivity contribution is 1.32. The summed E-state index contributed by atoms with van der Waals surface area (Å²) in [4.78, 5) is 2.49. The molecule has 1 aromatic heterocycles. The number of thiophene rings is 1. The van der Waals surface area contributed by atoms with E-state index in [2.05, 4.69) is 157 Å². The van der Waals surface area contributed by atoms with E-state index in [1.165, 1.54) is 64.2 Å². The van der Waals surface area contributed by atoms with Crippen LogP contribution in [0.1, 0.15) is 0 Å². The van der Waals surface area contributed by atoms with Gasteiger partial charge in [-0.3, -0.25) is 0 Å². The maximum Gasteiger partial charge on any atom is 0.0640 e. The van der Waals surface area contributed by atoms with Gasteiger partial charge in [0.1, 0.15) is 0 Å². The fourth-order valence-electron chi connectivity index (χ4n) is 6.13. The molecule has 0 bridgehead atoms. The Morgan fingerprint density at radius 1 is 0.400 bits per heavy atom. The van der Waals surface area contributed by atoms with Crippen LogP contribution in [-0.2, 0) is 0 Å². The van der Waals surface area contributed by atoms with Crippen LogP contribution in [0.2, 0.25) is 0 Å². The van der Waals surface area contributed by atoms with Crippen molar-refractivity contribution in [3.63, 3.8) is 0 Å². The van der Waals surface area contributed by atoms with Gasteiger partial charge in [-0.15, -0.1) is 11.3 Å². The van der Waals surface area contributed by atoms with Crippen LogP contribution >= 0.6 is 11.3 Å². The van der Waals surface area contributed by atoms with E-state index in [0.717, 1.165) is 5.69 Å². The molecule has 2 heteroatoms. The Morgan fingerprint density at radius 3 is 1.70 bits per heavy atom. The van der Waals surface area contributed by atoms with Crippen molar-refractivity contribution in [3.05, 3.63) is 152 Å². The molecule has 0 atom stereocenters. The largest absolute Gasteiger partial charge is 0.308 e. The van der Waals surface area contributed by atoms with E-state index in [9.17, 15) is 0 Å². The number of anilines is 3.